The second-order valence-corrected chi connectivity index (χ2v) is 7.53. The van der Waals surface area contributed by atoms with E-state index < -0.39 is 0 Å². The van der Waals surface area contributed by atoms with Crippen molar-refractivity contribution in [2.24, 2.45) is 0 Å². The maximum absolute atomic E-state index is 12.4. The molecule has 0 atom stereocenters. The lowest BCUT2D eigenvalue weighted by molar-refractivity contribution is 0.102. The summed E-state index contributed by atoms with van der Waals surface area (Å²) in [5.41, 5.74) is 3.20. The van der Waals surface area contributed by atoms with Crippen LogP contribution in [-0.4, -0.2) is 22.7 Å². The van der Waals surface area contributed by atoms with Crippen LogP contribution >= 0.6 is 11.8 Å². The quantitative estimate of drug-likeness (QED) is 0.362. The zero-order chi connectivity index (χ0) is 21.5. The van der Waals surface area contributed by atoms with Crippen LogP contribution in [-0.2, 0) is 5.75 Å². The average Bonchev–Trinajstić information content (AvgIpc) is 3.28. The number of aromatic nitrogens is 2. The van der Waals surface area contributed by atoms with E-state index in [9.17, 15) is 4.79 Å². The molecule has 1 heterocycles. The summed E-state index contributed by atoms with van der Waals surface area (Å²) < 4.78 is 11.4. The third-order valence-corrected chi connectivity index (χ3v) is 5.32. The third kappa shape index (κ3) is 5.32. The van der Waals surface area contributed by atoms with E-state index in [1.807, 2.05) is 85.8 Å². The van der Waals surface area contributed by atoms with Gasteiger partial charge in [0.15, 0.2) is 0 Å². The highest BCUT2D eigenvalue weighted by Gasteiger charge is 2.14. The van der Waals surface area contributed by atoms with E-state index >= 15 is 0 Å². The van der Waals surface area contributed by atoms with Crippen LogP contribution < -0.4 is 10.1 Å². The first-order valence-corrected chi connectivity index (χ1v) is 10.9. The van der Waals surface area contributed by atoms with Crippen LogP contribution in [0.15, 0.2) is 88.5 Å². The second-order valence-electron chi connectivity index (χ2n) is 6.61. The lowest BCUT2D eigenvalue weighted by atomic mass is 10.1. The number of amides is 1. The maximum atomic E-state index is 12.4. The van der Waals surface area contributed by atoms with Gasteiger partial charge in [0.25, 0.3) is 17.0 Å². The number of hydrogen-bond acceptors (Lipinski definition) is 6. The SMILES string of the molecule is CCOc1ccccc1-c1nnc(SCc2ccc(C(=O)Nc3ccccc3)cc2)o1. The van der Waals surface area contributed by atoms with Crippen molar-refractivity contribution >= 4 is 23.4 Å². The fourth-order valence-electron chi connectivity index (χ4n) is 2.92. The highest BCUT2D eigenvalue weighted by Crippen LogP contribution is 2.31. The summed E-state index contributed by atoms with van der Waals surface area (Å²) in [4.78, 5) is 12.4. The fourth-order valence-corrected chi connectivity index (χ4v) is 3.64. The molecule has 0 unspecified atom stereocenters. The van der Waals surface area contributed by atoms with E-state index in [4.69, 9.17) is 9.15 Å². The van der Waals surface area contributed by atoms with Crippen molar-refractivity contribution in [3.05, 3.63) is 90.0 Å². The smallest absolute Gasteiger partial charge is 0.277 e. The molecule has 1 amide bonds. The summed E-state index contributed by atoms with van der Waals surface area (Å²) in [6.45, 7) is 2.49. The average molecular weight is 432 g/mol. The summed E-state index contributed by atoms with van der Waals surface area (Å²) in [7, 11) is 0. The minimum Gasteiger partial charge on any atom is -0.493 e. The van der Waals surface area contributed by atoms with Gasteiger partial charge in [0.2, 0.25) is 0 Å². The Balaban J connectivity index is 1.36. The van der Waals surface area contributed by atoms with Gasteiger partial charge in [0.1, 0.15) is 5.75 Å². The number of ether oxygens (including phenoxy) is 1. The molecule has 31 heavy (non-hydrogen) atoms. The first-order valence-electron chi connectivity index (χ1n) is 9.87. The molecule has 4 aromatic rings. The van der Waals surface area contributed by atoms with Crippen LogP contribution in [0.5, 0.6) is 5.75 Å². The highest BCUT2D eigenvalue weighted by molar-refractivity contribution is 7.98. The summed E-state index contributed by atoms with van der Waals surface area (Å²) in [5.74, 6) is 1.66. The summed E-state index contributed by atoms with van der Waals surface area (Å²) in [5, 5.41) is 11.6. The van der Waals surface area contributed by atoms with Crippen molar-refractivity contribution in [1.29, 1.82) is 0 Å². The van der Waals surface area contributed by atoms with Crippen molar-refractivity contribution in [3.63, 3.8) is 0 Å². The Kier molecular flexibility index (Phi) is 6.64. The predicted octanol–water partition coefficient (Wildman–Crippen LogP) is 5.68. The third-order valence-electron chi connectivity index (χ3n) is 4.43. The molecule has 156 valence electrons. The molecular formula is C24H21N3O3S. The lowest BCUT2D eigenvalue weighted by Gasteiger charge is -2.06. The fraction of sp³-hybridized carbons (Fsp3) is 0.125. The largest absolute Gasteiger partial charge is 0.493 e. The van der Waals surface area contributed by atoms with Gasteiger partial charge in [-0.25, -0.2) is 0 Å². The number of hydrogen-bond donors (Lipinski definition) is 1. The molecule has 0 saturated carbocycles. The van der Waals surface area contributed by atoms with Crippen molar-refractivity contribution in [2.75, 3.05) is 11.9 Å². The molecule has 4 rings (SSSR count). The molecule has 0 aliphatic carbocycles. The molecule has 6 nitrogen and oxygen atoms in total. The molecule has 0 aliphatic rings. The Bertz CT molecular complexity index is 1140. The number of nitrogens with zero attached hydrogens (tertiary/aromatic N) is 2. The Morgan fingerprint density at radius 3 is 2.48 bits per heavy atom. The molecular weight excluding hydrogens is 410 g/mol. The van der Waals surface area contributed by atoms with E-state index in [-0.39, 0.29) is 5.91 Å². The van der Waals surface area contributed by atoms with Crippen LogP contribution in [0.3, 0.4) is 0 Å². The van der Waals surface area contributed by atoms with E-state index in [2.05, 4.69) is 15.5 Å². The van der Waals surface area contributed by atoms with Gasteiger partial charge in [-0.1, -0.05) is 54.2 Å². The molecule has 7 heteroatoms. The molecule has 1 aromatic heterocycles. The van der Waals surface area contributed by atoms with Gasteiger partial charge in [-0.15, -0.1) is 10.2 Å². The molecule has 1 N–H and O–H groups in total. The number of anilines is 1. The van der Waals surface area contributed by atoms with E-state index in [0.29, 0.717) is 29.0 Å². The molecule has 0 fully saturated rings. The van der Waals surface area contributed by atoms with Crippen molar-refractivity contribution in [2.45, 2.75) is 17.9 Å². The number of carbonyl (C=O) groups is 1. The topological polar surface area (TPSA) is 77.2 Å². The lowest BCUT2D eigenvalue weighted by Crippen LogP contribution is -2.11. The van der Waals surface area contributed by atoms with Gasteiger partial charge in [-0.3, -0.25) is 4.79 Å². The number of carbonyl (C=O) groups excluding carboxylic acids is 1. The molecule has 0 radical (unpaired) electrons. The van der Waals surface area contributed by atoms with Crippen molar-refractivity contribution in [1.82, 2.24) is 10.2 Å². The highest BCUT2D eigenvalue weighted by atomic mass is 32.2. The van der Waals surface area contributed by atoms with Crippen LogP contribution in [0.2, 0.25) is 0 Å². The summed E-state index contributed by atoms with van der Waals surface area (Å²) in [6, 6.07) is 24.4. The predicted molar refractivity (Wildman–Crippen MR) is 121 cm³/mol. The van der Waals surface area contributed by atoms with Gasteiger partial charge in [0.05, 0.1) is 12.2 Å². The minimum atomic E-state index is -0.139. The molecule has 0 bridgehead atoms. The number of nitrogens with one attached hydrogen (secondary N) is 1. The Morgan fingerprint density at radius 1 is 0.968 bits per heavy atom. The maximum Gasteiger partial charge on any atom is 0.277 e. The number of rotatable bonds is 8. The number of para-hydroxylation sites is 2. The second kappa shape index (κ2) is 9.95. The van der Waals surface area contributed by atoms with Crippen LogP contribution in [0.4, 0.5) is 5.69 Å². The van der Waals surface area contributed by atoms with E-state index in [0.717, 1.165) is 22.6 Å². The van der Waals surface area contributed by atoms with Crippen LogP contribution in [0.25, 0.3) is 11.5 Å². The van der Waals surface area contributed by atoms with Crippen LogP contribution in [0.1, 0.15) is 22.8 Å². The molecule has 3 aromatic carbocycles. The Hall–Kier alpha value is -3.58. The first kappa shape index (κ1) is 20.7. The standard InChI is InChI=1S/C24H21N3O3S/c1-2-29-21-11-7-6-10-20(21)23-26-27-24(30-23)31-16-17-12-14-18(15-13-17)22(28)25-19-8-4-3-5-9-19/h3-15H,2,16H2,1H3,(H,25,28). The zero-order valence-electron chi connectivity index (χ0n) is 16.9. The van der Waals surface area contributed by atoms with Gasteiger partial charge < -0.3 is 14.5 Å². The minimum absolute atomic E-state index is 0.139. The Labute approximate surface area is 184 Å². The summed E-state index contributed by atoms with van der Waals surface area (Å²) >= 11 is 1.44. The van der Waals surface area contributed by atoms with E-state index in [1.54, 1.807) is 0 Å². The summed E-state index contributed by atoms with van der Waals surface area (Å²) in [6.07, 6.45) is 0. The number of thioether (sulfide) groups is 1. The normalized spacial score (nSPS) is 10.6. The zero-order valence-corrected chi connectivity index (χ0v) is 17.8. The van der Waals surface area contributed by atoms with Gasteiger partial charge >= 0.3 is 0 Å². The van der Waals surface area contributed by atoms with Crippen LogP contribution in [0, 0.1) is 0 Å². The van der Waals surface area contributed by atoms with E-state index in [1.165, 1.54) is 11.8 Å². The first-order chi connectivity index (χ1) is 15.2. The monoisotopic (exact) mass is 431 g/mol. The van der Waals surface area contributed by atoms with Gasteiger partial charge in [0, 0.05) is 17.0 Å². The molecule has 0 aliphatic heterocycles. The van der Waals surface area contributed by atoms with Gasteiger partial charge in [-0.05, 0) is 48.9 Å². The van der Waals surface area contributed by atoms with Crippen molar-refractivity contribution < 1.29 is 13.9 Å². The van der Waals surface area contributed by atoms with Gasteiger partial charge in [-0.2, -0.15) is 0 Å². The number of benzene rings is 3. The Morgan fingerprint density at radius 2 is 1.71 bits per heavy atom. The van der Waals surface area contributed by atoms with Crippen molar-refractivity contribution in [3.8, 4) is 17.2 Å². The molecule has 0 spiro atoms. The molecule has 0 saturated heterocycles.